The third-order valence-electron chi connectivity index (χ3n) is 6.57. The normalized spacial score (nSPS) is 11.9. The Kier molecular flexibility index (Phi) is 5.94. The average Bonchev–Trinajstić information content (AvgIpc) is 2.87. The van der Waals surface area contributed by atoms with Crippen LogP contribution < -0.4 is 0 Å². The van der Waals surface area contributed by atoms with Gasteiger partial charge in [0.15, 0.2) is 11.5 Å². The van der Waals surface area contributed by atoms with Crippen LogP contribution in [0.4, 0.5) is 22.7 Å². The van der Waals surface area contributed by atoms with Gasteiger partial charge in [-0.25, -0.2) is 0 Å². The first-order chi connectivity index (χ1) is 17.3. The van der Waals surface area contributed by atoms with Crippen molar-refractivity contribution in [1.29, 1.82) is 0 Å². The van der Waals surface area contributed by atoms with E-state index in [1.54, 1.807) is 12.1 Å². The van der Waals surface area contributed by atoms with Gasteiger partial charge in [-0.2, -0.15) is 5.11 Å². The predicted molar refractivity (Wildman–Crippen MR) is 145 cm³/mol. The highest BCUT2D eigenvalue weighted by Gasteiger charge is 2.14. The molecule has 5 aromatic rings. The number of rotatable bonds is 4. The minimum atomic E-state index is 0.0388. The highest BCUT2D eigenvalue weighted by atomic mass is 16.3. The molecule has 0 heterocycles. The fourth-order valence-electron chi connectivity index (χ4n) is 4.51. The Morgan fingerprint density at radius 3 is 2.06 bits per heavy atom. The summed E-state index contributed by atoms with van der Waals surface area (Å²) in [6.45, 7) is 7.94. The Bertz CT molecular complexity index is 1690. The van der Waals surface area contributed by atoms with Crippen LogP contribution in [0.2, 0.25) is 0 Å². The minimum Gasteiger partial charge on any atom is -0.505 e. The molecule has 36 heavy (non-hydrogen) atoms. The number of aryl methyl sites for hydroxylation is 4. The summed E-state index contributed by atoms with van der Waals surface area (Å²) in [6, 6.07) is 22.6. The maximum absolute atomic E-state index is 11.0. The van der Waals surface area contributed by atoms with E-state index in [2.05, 4.69) is 26.5 Å². The fourth-order valence-corrected chi connectivity index (χ4v) is 4.51. The van der Waals surface area contributed by atoms with Crippen molar-refractivity contribution in [3.63, 3.8) is 0 Å². The summed E-state index contributed by atoms with van der Waals surface area (Å²) in [5.41, 5.74) is 6.08. The molecule has 0 bridgehead atoms. The standard InChI is InChI=1S/C30H26N4O2/c1-17-15-18(2)22-13-14-26(30(36)27(22)20(17)4)33-32-25-12-8-11-23-24(25)16-19(3)28(29(23)35)34-31-21-9-6-5-7-10-21/h5-16,35-36H,1-4H3. The van der Waals surface area contributed by atoms with Crippen molar-refractivity contribution in [3.8, 4) is 11.5 Å². The summed E-state index contributed by atoms with van der Waals surface area (Å²) >= 11 is 0. The van der Waals surface area contributed by atoms with Crippen LogP contribution >= 0.6 is 0 Å². The summed E-state index contributed by atoms with van der Waals surface area (Å²) in [5, 5.41) is 42.5. The largest absolute Gasteiger partial charge is 0.505 e. The lowest BCUT2D eigenvalue weighted by Gasteiger charge is -2.12. The molecule has 0 aromatic heterocycles. The molecule has 0 unspecified atom stereocenters. The molecule has 0 aliphatic heterocycles. The maximum atomic E-state index is 11.0. The van der Waals surface area contributed by atoms with Crippen molar-refractivity contribution in [2.75, 3.05) is 0 Å². The molecule has 5 rings (SSSR count). The Morgan fingerprint density at radius 1 is 0.528 bits per heavy atom. The molecule has 0 saturated carbocycles. The summed E-state index contributed by atoms with van der Waals surface area (Å²) < 4.78 is 0. The Balaban J connectivity index is 1.57. The summed E-state index contributed by atoms with van der Waals surface area (Å²) in [6.07, 6.45) is 0. The van der Waals surface area contributed by atoms with E-state index >= 15 is 0 Å². The van der Waals surface area contributed by atoms with Gasteiger partial charge in [-0.05, 0) is 85.7 Å². The van der Waals surface area contributed by atoms with Crippen molar-refractivity contribution < 1.29 is 10.2 Å². The van der Waals surface area contributed by atoms with Gasteiger partial charge in [-0.1, -0.05) is 42.5 Å². The van der Waals surface area contributed by atoms with Crippen LogP contribution in [0.1, 0.15) is 22.3 Å². The Hall–Kier alpha value is -4.58. The topological polar surface area (TPSA) is 89.9 Å². The zero-order valence-corrected chi connectivity index (χ0v) is 20.6. The minimum absolute atomic E-state index is 0.0388. The predicted octanol–water partition coefficient (Wildman–Crippen LogP) is 9.47. The van der Waals surface area contributed by atoms with Crippen LogP contribution in [-0.2, 0) is 0 Å². The molecule has 6 heteroatoms. The third kappa shape index (κ3) is 4.07. The number of benzene rings is 5. The van der Waals surface area contributed by atoms with Gasteiger partial charge >= 0.3 is 0 Å². The molecule has 0 atom stereocenters. The second-order valence-electron chi connectivity index (χ2n) is 8.99. The molecule has 5 aromatic carbocycles. The molecule has 0 aliphatic rings. The van der Waals surface area contributed by atoms with Crippen LogP contribution in [0.5, 0.6) is 11.5 Å². The van der Waals surface area contributed by atoms with Gasteiger partial charge in [0.1, 0.15) is 11.4 Å². The van der Waals surface area contributed by atoms with E-state index in [0.717, 1.165) is 38.4 Å². The van der Waals surface area contributed by atoms with E-state index in [-0.39, 0.29) is 11.5 Å². The van der Waals surface area contributed by atoms with Crippen molar-refractivity contribution in [2.24, 2.45) is 20.5 Å². The quantitative estimate of drug-likeness (QED) is 0.254. The number of nitrogens with zero attached hydrogens (tertiary/aromatic N) is 4. The number of hydrogen-bond acceptors (Lipinski definition) is 6. The van der Waals surface area contributed by atoms with Gasteiger partial charge in [0, 0.05) is 16.2 Å². The Labute approximate surface area is 209 Å². The number of phenols is 2. The first-order valence-electron chi connectivity index (χ1n) is 11.7. The molecule has 6 nitrogen and oxygen atoms in total. The van der Waals surface area contributed by atoms with Crippen molar-refractivity contribution in [1.82, 2.24) is 0 Å². The molecule has 0 saturated heterocycles. The molecule has 0 spiro atoms. The second-order valence-corrected chi connectivity index (χ2v) is 8.99. The van der Waals surface area contributed by atoms with Crippen LogP contribution in [0, 0.1) is 27.7 Å². The van der Waals surface area contributed by atoms with E-state index in [0.29, 0.717) is 28.1 Å². The second kappa shape index (κ2) is 9.23. The van der Waals surface area contributed by atoms with Crippen molar-refractivity contribution >= 4 is 44.3 Å². The van der Waals surface area contributed by atoms with E-state index < -0.39 is 0 Å². The fraction of sp³-hybridized carbons (Fsp3) is 0.133. The molecule has 0 radical (unpaired) electrons. The zero-order valence-electron chi connectivity index (χ0n) is 20.6. The van der Waals surface area contributed by atoms with Crippen molar-refractivity contribution in [3.05, 3.63) is 95.1 Å². The van der Waals surface area contributed by atoms with Crippen molar-refractivity contribution in [2.45, 2.75) is 27.7 Å². The summed E-state index contributed by atoms with van der Waals surface area (Å²) in [4.78, 5) is 0. The summed E-state index contributed by atoms with van der Waals surface area (Å²) in [7, 11) is 0. The van der Waals surface area contributed by atoms with Gasteiger partial charge in [-0.3, -0.25) is 0 Å². The SMILES string of the molecule is Cc1cc2c(N=Nc3ccc4c(C)cc(C)c(C)c4c3O)cccc2c(O)c1N=Nc1ccccc1. The van der Waals surface area contributed by atoms with Crippen LogP contribution in [0.3, 0.4) is 0 Å². The maximum Gasteiger partial charge on any atom is 0.151 e. The molecule has 0 fully saturated rings. The number of hydrogen-bond donors (Lipinski definition) is 2. The molecular weight excluding hydrogens is 448 g/mol. The average molecular weight is 475 g/mol. The van der Waals surface area contributed by atoms with Crippen LogP contribution in [0.15, 0.2) is 93.3 Å². The smallest absolute Gasteiger partial charge is 0.151 e. The van der Waals surface area contributed by atoms with Gasteiger partial charge in [0.25, 0.3) is 0 Å². The molecule has 0 amide bonds. The lowest BCUT2D eigenvalue weighted by molar-refractivity contribution is 0.481. The lowest BCUT2D eigenvalue weighted by Crippen LogP contribution is -1.88. The molecular formula is C30H26N4O2. The Morgan fingerprint density at radius 2 is 1.28 bits per heavy atom. The number of fused-ring (bicyclic) bond motifs is 2. The number of phenolic OH excluding ortho intramolecular Hbond substituents is 2. The first-order valence-corrected chi connectivity index (χ1v) is 11.7. The van der Waals surface area contributed by atoms with Gasteiger partial charge < -0.3 is 10.2 Å². The summed E-state index contributed by atoms with van der Waals surface area (Å²) in [5.74, 6) is 0.153. The van der Waals surface area contributed by atoms with Crippen LogP contribution in [-0.4, -0.2) is 10.2 Å². The lowest BCUT2D eigenvalue weighted by atomic mass is 9.95. The van der Waals surface area contributed by atoms with Gasteiger partial charge in [-0.15, -0.1) is 15.3 Å². The highest BCUT2D eigenvalue weighted by molar-refractivity contribution is 6.00. The number of azo groups is 2. The zero-order chi connectivity index (χ0) is 25.4. The molecule has 0 aliphatic carbocycles. The van der Waals surface area contributed by atoms with Crippen LogP contribution in [0.25, 0.3) is 21.5 Å². The van der Waals surface area contributed by atoms with E-state index in [9.17, 15) is 10.2 Å². The van der Waals surface area contributed by atoms with Gasteiger partial charge in [0.05, 0.1) is 11.4 Å². The van der Waals surface area contributed by atoms with E-state index in [1.807, 2.05) is 82.3 Å². The third-order valence-corrected chi connectivity index (χ3v) is 6.57. The highest BCUT2D eigenvalue weighted by Crippen LogP contribution is 2.43. The first kappa shape index (κ1) is 23.2. The molecule has 2 N–H and O–H groups in total. The monoisotopic (exact) mass is 474 g/mol. The number of aromatic hydroxyl groups is 2. The molecule has 178 valence electrons. The van der Waals surface area contributed by atoms with E-state index in [4.69, 9.17) is 0 Å². The van der Waals surface area contributed by atoms with E-state index in [1.165, 1.54) is 0 Å². The van der Waals surface area contributed by atoms with Gasteiger partial charge in [0.2, 0.25) is 0 Å².